The van der Waals surface area contributed by atoms with Crippen molar-refractivity contribution in [2.45, 2.75) is 46.5 Å². The average molecular weight is 164 g/mol. The highest BCUT2D eigenvalue weighted by molar-refractivity contribution is 4.60. The molecule has 0 amide bonds. The van der Waals surface area contributed by atoms with E-state index < -0.39 is 6.43 Å². The average Bonchev–Trinajstić information content (AvgIpc) is 1.87. The highest BCUT2D eigenvalue weighted by Crippen LogP contribution is 2.21. The maximum absolute atomic E-state index is 12.1. The first-order valence-corrected chi connectivity index (χ1v) is 4.36. The number of rotatable bonds is 5. The van der Waals surface area contributed by atoms with E-state index in [1.54, 1.807) is 0 Å². The molecule has 0 aromatic carbocycles. The predicted molar refractivity (Wildman–Crippen MR) is 43.9 cm³/mol. The molecule has 1 unspecified atom stereocenters. The first-order chi connectivity index (χ1) is 5.07. The fourth-order valence-electron chi connectivity index (χ4n) is 1.06. The summed E-state index contributed by atoms with van der Waals surface area (Å²) in [6.45, 7) is 5.97. The molecule has 0 fully saturated rings. The fourth-order valence-corrected chi connectivity index (χ4v) is 1.06. The van der Waals surface area contributed by atoms with Gasteiger partial charge in [-0.1, -0.05) is 27.2 Å². The number of hydrogen-bond donors (Lipinski definition) is 0. The van der Waals surface area contributed by atoms with E-state index in [0.29, 0.717) is 18.8 Å². The topological polar surface area (TPSA) is 0 Å². The highest BCUT2D eigenvalue weighted by Gasteiger charge is 2.17. The molecule has 0 spiro atoms. The zero-order chi connectivity index (χ0) is 8.85. The normalized spacial score (nSPS) is 14.5. The third-order valence-corrected chi connectivity index (χ3v) is 2.00. The summed E-state index contributed by atoms with van der Waals surface area (Å²) in [6.07, 6.45) is 0.0674. The maximum atomic E-state index is 12.1. The predicted octanol–water partition coefficient (Wildman–Crippen LogP) is 3.71. The second kappa shape index (κ2) is 5.50. The smallest absolute Gasteiger partial charge is 0.210 e. The lowest BCUT2D eigenvalue weighted by atomic mass is 9.96. The van der Waals surface area contributed by atoms with Crippen LogP contribution in [-0.2, 0) is 0 Å². The van der Waals surface area contributed by atoms with Gasteiger partial charge in [0.05, 0.1) is 0 Å². The Morgan fingerprint density at radius 2 is 1.64 bits per heavy atom. The Morgan fingerprint density at radius 3 is 1.91 bits per heavy atom. The van der Waals surface area contributed by atoms with Crippen molar-refractivity contribution in [1.82, 2.24) is 0 Å². The Hall–Kier alpha value is -0.140. The van der Waals surface area contributed by atoms with Crippen LogP contribution in [-0.4, -0.2) is 6.43 Å². The minimum Gasteiger partial charge on any atom is -0.210 e. The van der Waals surface area contributed by atoms with Crippen LogP contribution in [0.5, 0.6) is 0 Å². The lowest BCUT2D eigenvalue weighted by Crippen LogP contribution is -2.10. The van der Waals surface area contributed by atoms with Gasteiger partial charge in [-0.15, -0.1) is 0 Å². The molecule has 0 radical (unpaired) electrons. The summed E-state index contributed by atoms with van der Waals surface area (Å²) in [5.74, 6) is 0.167. The SMILES string of the molecule is CCC(CCC(C)C)C(F)F. The lowest BCUT2D eigenvalue weighted by Gasteiger charge is -2.14. The van der Waals surface area contributed by atoms with E-state index >= 15 is 0 Å². The molecule has 1 atom stereocenters. The van der Waals surface area contributed by atoms with Crippen molar-refractivity contribution < 1.29 is 8.78 Å². The summed E-state index contributed by atoms with van der Waals surface area (Å²) in [5, 5.41) is 0. The van der Waals surface area contributed by atoms with Crippen LogP contribution in [0.3, 0.4) is 0 Å². The molecule has 11 heavy (non-hydrogen) atoms. The summed E-state index contributed by atoms with van der Waals surface area (Å²) in [5.41, 5.74) is 0. The Bertz CT molecular complexity index is 89.6. The van der Waals surface area contributed by atoms with Crippen LogP contribution < -0.4 is 0 Å². The van der Waals surface area contributed by atoms with Gasteiger partial charge in [-0.3, -0.25) is 0 Å². The largest absolute Gasteiger partial charge is 0.241 e. The van der Waals surface area contributed by atoms with E-state index in [0.717, 1.165) is 6.42 Å². The Kier molecular flexibility index (Phi) is 5.43. The molecule has 0 saturated heterocycles. The minimum atomic E-state index is -2.13. The van der Waals surface area contributed by atoms with Gasteiger partial charge in [0.25, 0.3) is 0 Å². The Labute approximate surface area is 68.0 Å². The van der Waals surface area contributed by atoms with Crippen molar-refractivity contribution in [3.8, 4) is 0 Å². The van der Waals surface area contributed by atoms with Crippen LogP contribution in [0.4, 0.5) is 8.78 Å². The van der Waals surface area contributed by atoms with Gasteiger partial charge in [-0.05, 0) is 18.8 Å². The van der Waals surface area contributed by atoms with Crippen molar-refractivity contribution in [1.29, 1.82) is 0 Å². The van der Waals surface area contributed by atoms with Crippen molar-refractivity contribution in [3.05, 3.63) is 0 Å². The number of halogens is 2. The summed E-state index contributed by atoms with van der Waals surface area (Å²) in [7, 11) is 0. The Balaban J connectivity index is 3.52. The molecule has 2 heteroatoms. The molecule has 0 nitrogen and oxygen atoms in total. The molecular formula is C9H18F2. The molecule has 68 valence electrons. The first-order valence-electron chi connectivity index (χ1n) is 4.36. The molecule has 0 saturated carbocycles. The quantitative estimate of drug-likeness (QED) is 0.581. The number of alkyl halides is 2. The van der Waals surface area contributed by atoms with Gasteiger partial charge < -0.3 is 0 Å². The Morgan fingerprint density at radius 1 is 1.09 bits per heavy atom. The van der Waals surface area contributed by atoms with Crippen LogP contribution in [0.2, 0.25) is 0 Å². The van der Waals surface area contributed by atoms with Crippen LogP contribution >= 0.6 is 0 Å². The molecule has 0 aliphatic heterocycles. The van der Waals surface area contributed by atoms with E-state index in [1.165, 1.54) is 0 Å². The zero-order valence-corrected chi connectivity index (χ0v) is 7.61. The standard InChI is InChI=1S/C9H18F2/c1-4-8(9(10)11)6-5-7(2)3/h7-9H,4-6H2,1-3H3. The molecule has 0 heterocycles. The molecule has 0 aliphatic rings. The monoisotopic (exact) mass is 164 g/mol. The van der Waals surface area contributed by atoms with Gasteiger partial charge in [-0.2, -0.15) is 0 Å². The third kappa shape index (κ3) is 5.16. The van der Waals surface area contributed by atoms with Gasteiger partial charge >= 0.3 is 0 Å². The minimum absolute atomic E-state index is 0.377. The molecular weight excluding hydrogens is 146 g/mol. The second-order valence-electron chi connectivity index (χ2n) is 3.47. The fraction of sp³-hybridized carbons (Fsp3) is 1.00. The zero-order valence-electron chi connectivity index (χ0n) is 7.61. The van der Waals surface area contributed by atoms with E-state index in [4.69, 9.17) is 0 Å². The van der Waals surface area contributed by atoms with Crippen molar-refractivity contribution in [2.24, 2.45) is 11.8 Å². The molecule has 0 aliphatic carbocycles. The summed E-state index contributed by atoms with van der Waals surface area (Å²) in [4.78, 5) is 0. The molecule has 0 aromatic rings. The van der Waals surface area contributed by atoms with E-state index in [-0.39, 0.29) is 5.92 Å². The first kappa shape index (κ1) is 10.9. The molecule has 0 aromatic heterocycles. The number of hydrogen-bond acceptors (Lipinski definition) is 0. The van der Waals surface area contributed by atoms with Crippen molar-refractivity contribution in [2.75, 3.05) is 0 Å². The van der Waals surface area contributed by atoms with E-state index in [1.807, 2.05) is 6.92 Å². The van der Waals surface area contributed by atoms with E-state index in [9.17, 15) is 8.78 Å². The van der Waals surface area contributed by atoms with E-state index in [2.05, 4.69) is 13.8 Å². The second-order valence-corrected chi connectivity index (χ2v) is 3.47. The van der Waals surface area contributed by atoms with Gasteiger partial charge in [0.2, 0.25) is 6.43 Å². The van der Waals surface area contributed by atoms with Crippen LogP contribution in [0.15, 0.2) is 0 Å². The summed E-state index contributed by atoms with van der Waals surface area (Å²) in [6, 6.07) is 0. The van der Waals surface area contributed by atoms with Crippen LogP contribution in [0.25, 0.3) is 0 Å². The maximum Gasteiger partial charge on any atom is 0.241 e. The highest BCUT2D eigenvalue weighted by atomic mass is 19.3. The van der Waals surface area contributed by atoms with Gasteiger partial charge in [0.15, 0.2) is 0 Å². The van der Waals surface area contributed by atoms with Crippen LogP contribution in [0, 0.1) is 11.8 Å². The van der Waals surface area contributed by atoms with Crippen molar-refractivity contribution >= 4 is 0 Å². The van der Waals surface area contributed by atoms with Crippen LogP contribution in [0.1, 0.15) is 40.0 Å². The van der Waals surface area contributed by atoms with Gasteiger partial charge in [0.1, 0.15) is 0 Å². The summed E-state index contributed by atoms with van der Waals surface area (Å²) >= 11 is 0. The third-order valence-electron chi connectivity index (χ3n) is 2.00. The summed E-state index contributed by atoms with van der Waals surface area (Å²) < 4.78 is 24.3. The molecule has 0 N–H and O–H groups in total. The molecule has 0 bridgehead atoms. The van der Waals surface area contributed by atoms with Crippen molar-refractivity contribution in [3.63, 3.8) is 0 Å². The molecule has 0 rings (SSSR count). The van der Waals surface area contributed by atoms with Gasteiger partial charge in [-0.25, -0.2) is 8.78 Å². The lowest BCUT2D eigenvalue weighted by molar-refractivity contribution is 0.0672. The van der Waals surface area contributed by atoms with Gasteiger partial charge in [0, 0.05) is 5.92 Å².